The normalized spacial score (nSPS) is 11.1. The van der Waals surface area contributed by atoms with Crippen molar-refractivity contribution in [3.05, 3.63) is 0 Å². The Morgan fingerprint density at radius 3 is 1.38 bits per heavy atom. The quantitative estimate of drug-likeness (QED) is 0.283. The number of hydrogen-bond donors (Lipinski definition) is 0. The van der Waals surface area contributed by atoms with Crippen molar-refractivity contribution >= 4 is 0 Å². The summed E-state index contributed by atoms with van der Waals surface area (Å²) >= 11 is 0. The molecule has 0 aromatic heterocycles. The van der Waals surface area contributed by atoms with Gasteiger partial charge in [-0.25, -0.2) is 0 Å². The second-order valence-corrected chi connectivity index (χ2v) is 6.05. The first-order valence-electron chi connectivity index (χ1n) is 9.57. The van der Waals surface area contributed by atoms with E-state index in [1.165, 1.54) is 77.0 Å². The number of hydrogen-bond acceptors (Lipinski definition) is 2. The molecule has 0 aromatic rings. The molecule has 0 aromatic carbocycles. The molecule has 0 aliphatic heterocycles. The van der Waals surface area contributed by atoms with Gasteiger partial charge in [0.1, 0.15) is 0 Å². The van der Waals surface area contributed by atoms with Crippen molar-refractivity contribution in [1.29, 1.82) is 0 Å². The van der Waals surface area contributed by atoms with E-state index in [0.717, 1.165) is 32.8 Å². The van der Waals surface area contributed by atoms with Crippen molar-refractivity contribution in [2.24, 2.45) is 0 Å². The van der Waals surface area contributed by atoms with Crippen molar-refractivity contribution in [2.75, 3.05) is 26.4 Å². The lowest BCUT2D eigenvalue weighted by Gasteiger charge is -2.05. The third-order valence-electron chi connectivity index (χ3n) is 3.92. The van der Waals surface area contributed by atoms with Crippen LogP contribution >= 0.6 is 0 Å². The minimum Gasteiger partial charge on any atom is -0.382 e. The smallest absolute Gasteiger partial charge is 0.0487 e. The number of rotatable bonds is 18. The van der Waals surface area contributed by atoms with Crippen molar-refractivity contribution in [2.45, 2.75) is 97.3 Å². The minimum absolute atomic E-state index is 0.818. The van der Waals surface area contributed by atoms with Crippen LogP contribution in [-0.4, -0.2) is 26.4 Å². The van der Waals surface area contributed by atoms with Crippen LogP contribution in [-0.2, 0) is 9.47 Å². The average molecular weight is 301 g/mol. The van der Waals surface area contributed by atoms with E-state index >= 15 is 0 Å². The largest absolute Gasteiger partial charge is 0.382 e. The van der Waals surface area contributed by atoms with E-state index in [2.05, 4.69) is 6.92 Å². The Kier molecular flexibility index (Phi) is 19.8. The summed E-state index contributed by atoms with van der Waals surface area (Å²) in [5.74, 6) is 0. The zero-order chi connectivity index (χ0) is 15.4. The molecule has 0 saturated heterocycles. The SMILES string of the molecule is CCCCCCCCCCCCCCOCCCOCC. The van der Waals surface area contributed by atoms with Crippen LogP contribution in [0.15, 0.2) is 0 Å². The summed E-state index contributed by atoms with van der Waals surface area (Å²) in [5, 5.41) is 0. The van der Waals surface area contributed by atoms with E-state index in [-0.39, 0.29) is 0 Å². The highest BCUT2D eigenvalue weighted by Crippen LogP contribution is 2.11. The lowest BCUT2D eigenvalue weighted by Crippen LogP contribution is -2.01. The average Bonchev–Trinajstić information content (AvgIpc) is 2.50. The van der Waals surface area contributed by atoms with Crippen LogP contribution in [0.4, 0.5) is 0 Å². The molecule has 0 aliphatic rings. The summed E-state index contributed by atoms with van der Waals surface area (Å²) in [5.41, 5.74) is 0. The standard InChI is InChI=1S/C19H40O2/c1-3-5-6-7-8-9-10-11-12-13-14-15-17-21-19-16-18-20-4-2/h3-19H2,1-2H3. The molecule has 2 nitrogen and oxygen atoms in total. The molecule has 128 valence electrons. The maximum Gasteiger partial charge on any atom is 0.0487 e. The van der Waals surface area contributed by atoms with Crippen LogP contribution in [0.25, 0.3) is 0 Å². The zero-order valence-corrected chi connectivity index (χ0v) is 14.8. The molecule has 0 fully saturated rings. The molecule has 0 saturated carbocycles. The van der Waals surface area contributed by atoms with E-state index in [1.54, 1.807) is 0 Å². The molecule has 0 bridgehead atoms. The number of unbranched alkanes of at least 4 members (excludes halogenated alkanes) is 11. The fourth-order valence-electron chi connectivity index (χ4n) is 2.55. The third-order valence-corrected chi connectivity index (χ3v) is 3.92. The summed E-state index contributed by atoms with van der Waals surface area (Å²) in [6, 6.07) is 0. The van der Waals surface area contributed by atoms with Gasteiger partial charge in [0.05, 0.1) is 0 Å². The fraction of sp³-hybridized carbons (Fsp3) is 1.00. The van der Waals surface area contributed by atoms with Crippen LogP contribution in [0.2, 0.25) is 0 Å². The second kappa shape index (κ2) is 19.9. The molecule has 2 heteroatoms. The fourth-order valence-corrected chi connectivity index (χ4v) is 2.55. The molecular weight excluding hydrogens is 260 g/mol. The molecule has 0 N–H and O–H groups in total. The van der Waals surface area contributed by atoms with Crippen LogP contribution in [0.3, 0.4) is 0 Å². The molecular formula is C19H40O2. The van der Waals surface area contributed by atoms with E-state index in [1.807, 2.05) is 6.92 Å². The van der Waals surface area contributed by atoms with Gasteiger partial charge in [-0.05, 0) is 19.8 Å². The first-order chi connectivity index (χ1) is 10.4. The molecule has 0 unspecified atom stereocenters. The van der Waals surface area contributed by atoms with Gasteiger partial charge < -0.3 is 9.47 Å². The highest BCUT2D eigenvalue weighted by molar-refractivity contribution is 4.48. The maximum atomic E-state index is 5.59. The van der Waals surface area contributed by atoms with Gasteiger partial charge in [-0.15, -0.1) is 0 Å². The van der Waals surface area contributed by atoms with Gasteiger partial charge in [-0.3, -0.25) is 0 Å². The predicted octanol–water partition coefficient (Wildman–Crippen LogP) is 6.13. The summed E-state index contributed by atoms with van der Waals surface area (Å²) < 4.78 is 10.9. The Morgan fingerprint density at radius 2 is 0.857 bits per heavy atom. The van der Waals surface area contributed by atoms with Crippen LogP contribution in [0, 0.1) is 0 Å². The topological polar surface area (TPSA) is 18.5 Å². The van der Waals surface area contributed by atoms with E-state index in [4.69, 9.17) is 9.47 Å². The van der Waals surface area contributed by atoms with E-state index in [9.17, 15) is 0 Å². The highest BCUT2D eigenvalue weighted by Gasteiger charge is 1.94. The van der Waals surface area contributed by atoms with Crippen molar-refractivity contribution in [3.63, 3.8) is 0 Å². The van der Waals surface area contributed by atoms with Crippen LogP contribution < -0.4 is 0 Å². The maximum absolute atomic E-state index is 5.59. The minimum atomic E-state index is 0.818. The first kappa shape index (κ1) is 20.9. The van der Waals surface area contributed by atoms with Gasteiger partial charge in [0.2, 0.25) is 0 Å². The molecule has 0 spiro atoms. The first-order valence-corrected chi connectivity index (χ1v) is 9.57. The predicted molar refractivity (Wildman–Crippen MR) is 93.0 cm³/mol. The van der Waals surface area contributed by atoms with E-state index in [0.29, 0.717) is 0 Å². The molecule has 0 heterocycles. The van der Waals surface area contributed by atoms with Crippen molar-refractivity contribution in [1.82, 2.24) is 0 Å². The van der Waals surface area contributed by atoms with E-state index < -0.39 is 0 Å². The molecule has 0 amide bonds. The molecule has 0 radical (unpaired) electrons. The van der Waals surface area contributed by atoms with Gasteiger partial charge in [0, 0.05) is 26.4 Å². The summed E-state index contributed by atoms with van der Waals surface area (Å²) in [7, 11) is 0. The Morgan fingerprint density at radius 1 is 0.429 bits per heavy atom. The van der Waals surface area contributed by atoms with Gasteiger partial charge in [0.25, 0.3) is 0 Å². The van der Waals surface area contributed by atoms with Gasteiger partial charge in [0.15, 0.2) is 0 Å². The zero-order valence-electron chi connectivity index (χ0n) is 14.8. The van der Waals surface area contributed by atoms with Crippen molar-refractivity contribution < 1.29 is 9.47 Å². The Hall–Kier alpha value is -0.0800. The Balaban J connectivity index is 2.90. The van der Waals surface area contributed by atoms with Gasteiger partial charge in [-0.1, -0.05) is 77.6 Å². The number of ether oxygens (including phenoxy) is 2. The second-order valence-electron chi connectivity index (χ2n) is 6.05. The van der Waals surface area contributed by atoms with Gasteiger partial charge in [-0.2, -0.15) is 0 Å². The summed E-state index contributed by atoms with van der Waals surface area (Å²) in [6.07, 6.45) is 17.9. The Labute approximate surface area is 134 Å². The van der Waals surface area contributed by atoms with Crippen LogP contribution in [0.1, 0.15) is 97.3 Å². The monoisotopic (exact) mass is 300 g/mol. The molecule has 0 aliphatic carbocycles. The summed E-state index contributed by atoms with van der Waals surface area (Å²) in [4.78, 5) is 0. The molecule has 21 heavy (non-hydrogen) atoms. The Bertz CT molecular complexity index is 153. The van der Waals surface area contributed by atoms with Crippen LogP contribution in [0.5, 0.6) is 0 Å². The molecule has 0 rings (SSSR count). The third kappa shape index (κ3) is 19.9. The van der Waals surface area contributed by atoms with Crippen molar-refractivity contribution in [3.8, 4) is 0 Å². The molecule has 0 atom stereocenters. The van der Waals surface area contributed by atoms with Gasteiger partial charge >= 0.3 is 0 Å². The lowest BCUT2D eigenvalue weighted by molar-refractivity contribution is 0.0860. The summed E-state index contributed by atoms with van der Waals surface area (Å²) in [6.45, 7) is 7.77. The highest BCUT2D eigenvalue weighted by atomic mass is 16.5. The lowest BCUT2D eigenvalue weighted by atomic mass is 10.1.